The molecule has 0 aliphatic heterocycles. The normalized spacial score (nSPS) is 14.7. The second-order valence-electron chi connectivity index (χ2n) is 7.52. The predicted molar refractivity (Wildman–Crippen MR) is 118 cm³/mol. The Morgan fingerprint density at radius 3 is 2.78 bits per heavy atom. The lowest BCUT2D eigenvalue weighted by molar-refractivity contribution is 0.0652. The van der Waals surface area contributed by atoms with E-state index in [-0.39, 0.29) is 29.0 Å². The van der Waals surface area contributed by atoms with Crippen molar-refractivity contribution in [2.75, 3.05) is 7.11 Å². The predicted octanol–water partition coefficient (Wildman–Crippen LogP) is 4.31. The molecule has 2 N–H and O–H groups in total. The van der Waals surface area contributed by atoms with Gasteiger partial charge < -0.3 is 15.4 Å². The fourth-order valence-corrected chi connectivity index (χ4v) is 4.43. The largest absolute Gasteiger partial charge is 0.496 e. The van der Waals surface area contributed by atoms with Crippen molar-refractivity contribution in [2.45, 2.75) is 25.4 Å². The molecule has 0 unspecified atom stereocenters. The number of benzene rings is 2. The van der Waals surface area contributed by atoms with Gasteiger partial charge in [-0.1, -0.05) is 29.8 Å². The third-order valence-electron chi connectivity index (χ3n) is 5.66. The van der Waals surface area contributed by atoms with E-state index in [4.69, 9.17) is 22.1 Å². The van der Waals surface area contributed by atoms with E-state index in [1.54, 1.807) is 47.4 Å². The van der Waals surface area contributed by atoms with Crippen LogP contribution in [0.3, 0.4) is 0 Å². The van der Waals surface area contributed by atoms with Gasteiger partial charge in [0.2, 0.25) is 0 Å². The average Bonchev–Trinajstić information content (AvgIpc) is 3.21. The second kappa shape index (κ2) is 8.96. The van der Waals surface area contributed by atoms with Gasteiger partial charge in [0.15, 0.2) is 0 Å². The number of pyridine rings is 1. The van der Waals surface area contributed by atoms with Gasteiger partial charge >= 0.3 is 0 Å². The molecule has 0 radical (unpaired) electrons. The van der Waals surface area contributed by atoms with Crippen molar-refractivity contribution in [2.24, 2.45) is 5.73 Å². The fourth-order valence-electron chi connectivity index (χ4n) is 4.22. The molecule has 0 saturated heterocycles. The molecule has 4 rings (SSSR count). The van der Waals surface area contributed by atoms with Gasteiger partial charge in [0.05, 0.1) is 18.7 Å². The van der Waals surface area contributed by atoms with Crippen LogP contribution in [0, 0.1) is 5.82 Å². The number of halogens is 2. The number of methoxy groups -OCH3 is 1. The number of carbonyl (C=O) groups is 2. The summed E-state index contributed by atoms with van der Waals surface area (Å²) in [6, 6.07) is 12.8. The lowest BCUT2D eigenvalue weighted by Crippen LogP contribution is -2.35. The van der Waals surface area contributed by atoms with Gasteiger partial charge in [0.25, 0.3) is 11.8 Å². The molecule has 1 heterocycles. The zero-order valence-electron chi connectivity index (χ0n) is 17.3. The maximum Gasteiger partial charge on any atom is 0.267 e. The van der Waals surface area contributed by atoms with Crippen LogP contribution in [0.4, 0.5) is 4.39 Å². The highest BCUT2D eigenvalue weighted by Crippen LogP contribution is 2.40. The summed E-state index contributed by atoms with van der Waals surface area (Å²) >= 11 is 6.14. The number of primary amides is 1. The van der Waals surface area contributed by atoms with Crippen molar-refractivity contribution in [3.05, 3.63) is 93.5 Å². The summed E-state index contributed by atoms with van der Waals surface area (Å²) in [5.74, 6) is -0.982. The van der Waals surface area contributed by atoms with E-state index >= 15 is 0 Å². The van der Waals surface area contributed by atoms with Gasteiger partial charge in [-0.25, -0.2) is 4.39 Å². The Morgan fingerprint density at radius 1 is 1.25 bits per heavy atom. The van der Waals surface area contributed by atoms with Crippen molar-refractivity contribution in [3.63, 3.8) is 0 Å². The van der Waals surface area contributed by atoms with Crippen LogP contribution in [-0.2, 0) is 13.0 Å². The highest BCUT2D eigenvalue weighted by atomic mass is 35.5. The molecule has 8 heteroatoms. The van der Waals surface area contributed by atoms with Gasteiger partial charge in [-0.05, 0) is 54.3 Å². The van der Waals surface area contributed by atoms with E-state index in [9.17, 15) is 14.0 Å². The first-order chi connectivity index (χ1) is 15.4. The molecule has 6 nitrogen and oxygen atoms in total. The Morgan fingerprint density at radius 2 is 2.03 bits per heavy atom. The number of rotatable bonds is 6. The summed E-state index contributed by atoms with van der Waals surface area (Å²) in [6.45, 7) is 0.0568. The minimum Gasteiger partial charge on any atom is -0.496 e. The van der Waals surface area contributed by atoms with E-state index < -0.39 is 11.9 Å². The molecular formula is C24H21ClFN3O3. The van der Waals surface area contributed by atoms with Crippen LogP contribution in [0.5, 0.6) is 5.75 Å². The van der Waals surface area contributed by atoms with Crippen molar-refractivity contribution < 1.29 is 18.7 Å². The summed E-state index contributed by atoms with van der Waals surface area (Å²) in [6.07, 6.45) is 2.45. The summed E-state index contributed by atoms with van der Waals surface area (Å²) < 4.78 is 19.9. The number of fused-ring (bicyclic) bond motifs is 1. The van der Waals surface area contributed by atoms with Crippen LogP contribution >= 0.6 is 11.6 Å². The molecule has 0 fully saturated rings. The second-order valence-corrected chi connectivity index (χ2v) is 7.96. The molecule has 2 aromatic carbocycles. The SMILES string of the molecule is COc1ccccc1C(=O)N(Cc1cccnc1C(N)=O)[C@@H]1CCc2c(F)cc(Cl)cc21. The van der Waals surface area contributed by atoms with Crippen molar-refractivity contribution in [1.29, 1.82) is 0 Å². The molecule has 1 aliphatic carbocycles. The number of carbonyl (C=O) groups excluding carboxylic acids is 2. The highest BCUT2D eigenvalue weighted by Gasteiger charge is 2.35. The Bertz CT molecular complexity index is 1200. The summed E-state index contributed by atoms with van der Waals surface area (Å²) in [7, 11) is 1.49. The van der Waals surface area contributed by atoms with Crippen LogP contribution in [-0.4, -0.2) is 28.8 Å². The van der Waals surface area contributed by atoms with Crippen molar-refractivity contribution in [3.8, 4) is 5.75 Å². The zero-order chi connectivity index (χ0) is 22.8. The number of hydrogen-bond acceptors (Lipinski definition) is 4. The van der Waals surface area contributed by atoms with E-state index in [2.05, 4.69) is 4.98 Å². The fraction of sp³-hybridized carbons (Fsp3) is 0.208. The topological polar surface area (TPSA) is 85.5 Å². The van der Waals surface area contributed by atoms with E-state index in [0.29, 0.717) is 40.8 Å². The zero-order valence-corrected chi connectivity index (χ0v) is 18.1. The minimum atomic E-state index is -0.689. The van der Waals surface area contributed by atoms with E-state index in [1.807, 2.05) is 0 Å². The standard InChI is InChI=1S/C24H21ClFN3O3/c1-32-21-7-3-2-6-17(21)24(31)29(13-14-5-4-10-28-22(14)23(27)30)20-9-8-16-18(20)11-15(25)12-19(16)26/h2-7,10-12,20H,8-9,13H2,1H3,(H2,27,30)/t20-/m1/s1. The van der Waals surface area contributed by atoms with Gasteiger partial charge in [-0.3, -0.25) is 14.6 Å². The summed E-state index contributed by atoms with van der Waals surface area (Å²) in [4.78, 5) is 31.4. The molecule has 3 aromatic rings. The number of para-hydroxylation sites is 1. The lowest BCUT2D eigenvalue weighted by Gasteiger charge is -2.31. The monoisotopic (exact) mass is 453 g/mol. The smallest absolute Gasteiger partial charge is 0.267 e. The molecule has 32 heavy (non-hydrogen) atoms. The lowest BCUT2D eigenvalue weighted by atomic mass is 10.0. The molecule has 0 spiro atoms. The quantitative estimate of drug-likeness (QED) is 0.602. The highest BCUT2D eigenvalue weighted by molar-refractivity contribution is 6.30. The minimum absolute atomic E-state index is 0.0568. The number of nitrogens with zero attached hydrogens (tertiary/aromatic N) is 2. The molecule has 1 aromatic heterocycles. The average molecular weight is 454 g/mol. The number of hydrogen-bond donors (Lipinski definition) is 1. The molecule has 164 valence electrons. The first-order valence-corrected chi connectivity index (χ1v) is 10.4. The molecule has 1 aliphatic rings. The van der Waals surface area contributed by atoms with Crippen LogP contribution in [0.1, 0.15) is 50.0 Å². The van der Waals surface area contributed by atoms with Crippen LogP contribution in [0.25, 0.3) is 0 Å². The van der Waals surface area contributed by atoms with Crippen LogP contribution in [0.2, 0.25) is 5.02 Å². The Hall–Kier alpha value is -3.45. The molecule has 0 bridgehead atoms. The first kappa shape index (κ1) is 21.8. The van der Waals surface area contributed by atoms with Crippen molar-refractivity contribution >= 4 is 23.4 Å². The number of amides is 2. The molecule has 0 saturated carbocycles. The third kappa shape index (κ3) is 4.03. The Labute approximate surface area is 189 Å². The maximum atomic E-state index is 14.5. The van der Waals surface area contributed by atoms with Gasteiger partial charge in [0, 0.05) is 23.3 Å². The van der Waals surface area contributed by atoms with Crippen molar-refractivity contribution in [1.82, 2.24) is 9.88 Å². The van der Waals surface area contributed by atoms with Gasteiger partial charge in [-0.2, -0.15) is 0 Å². The maximum absolute atomic E-state index is 14.5. The molecule has 1 atom stereocenters. The first-order valence-electron chi connectivity index (χ1n) is 10.1. The van der Waals surface area contributed by atoms with Crippen LogP contribution < -0.4 is 10.5 Å². The van der Waals surface area contributed by atoms with Gasteiger partial charge in [0.1, 0.15) is 17.3 Å². The number of ether oxygens (including phenoxy) is 1. The molecule has 2 amide bonds. The number of nitrogens with two attached hydrogens (primary N) is 1. The van der Waals surface area contributed by atoms with E-state index in [1.165, 1.54) is 19.4 Å². The third-order valence-corrected chi connectivity index (χ3v) is 5.88. The Balaban J connectivity index is 1.82. The van der Waals surface area contributed by atoms with E-state index in [0.717, 1.165) is 0 Å². The van der Waals surface area contributed by atoms with Crippen LogP contribution in [0.15, 0.2) is 54.7 Å². The summed E-state index contributed by atoms with van der Waals surface area (Å²) in [5, 5.41) is 0.261. The molecular weight excluding hydrogens is 433 g/mol. The summed E-state index contributed by atoms with van der Waals surface area (Å²) in [5.41, 5.74) is 7.64. The Kier molecular flexibility index (Phi) is 6.10. The van der Waals surface area contributed by atoms with Gasteiger partial charge in [-0.15, -0.1) is 0 Å². The number of aromatic nitrogens is 1.